The van der Waals surface area contributed by atoms with Crippen molar-refractivity contribution in [1.29, 1.82) is 0 Å². The number of nitrogens with one attached hydrogen (secondary N) is 1. The van der Waals surface area contributed by atoms with E-state index in [9.17, 15) is 14.0 Å². The van der Waals surface area contributed by atoms with E-state index in [0.717, 1.165) is 0 Å². The van der Waals surface area contributed by atoms with Crippen molar-refractivity contribution in [1.82, 2.24) is 20.1 Å². The summed E-state index contributed by atoms with van der Waals surface area (Å²) in [5.74, 6) is -0.478. The van der Waals surface area contributed by atoms with Crippen molar-refractivity contribution in [3.05, 3.63) is 17.7 Å². The Balaban J connectivity index is 2.21. The summed E-state index contributed by atoms with van der Waals surface area (Å²) < 4.78 is 16.6. The quantitative estimate of drug-likeness (QED) is 0.936. The zero-order valence-electron chi connectivity index (χ0n) is 14.1. The number of carbonyl (C=O) groups is 2. The summed E-state index contributed by atoms with van der Waals surface area (Å²) >= 11 is 0. The molecule has 1 aliphatic rings. The van der Waals surface area contributed by atoms with Crippen LogP contribution in [-0.4, -0.2) is 33.2 Å². The van der Waals surface area contributed by atoms with Gasteiger partial charge in [0.1, 0.15) is 5.52 Å². The van der Waals surface area contributed by atoms with E-state index in [1.807, 2.05) is 27.7 Å². The average molecular weight is 333 g/mol. The molecule has 8 heteroatoms. The van der Waals surface area contributed by atoms with Crippen molar-refractivity contribution in [2.24, 2.45) is 0 Å². The molecule has 3 rings (SSSR count). The predicted octanol–water partition coefficient (Wildman–Crippen LogP) is 2.72. The van der Waals surface area contributed by atoms with Gasteiger partial charge in [0, 0.05) is 25.2 Å². The third-order valence-electron chi connectivity index (χ3n) is 4.04. The number of hydrogen-bond donors (Lipinski definition) is 1. The van der Waals surface area contributed by atoms with E-state index in [-0.39, 0.29) is 30.8 Å². The monoisotopic (exact) mass is 333 g/mol. The van der Waals surface area contributed by atoms with Crippen molar-refractivity contribution in [2.75, 3.05) is 11.4 Å². The van der Waals surface area contributed by atoms with Crippen molar-refractivity contribution >= 4 is 28.7 Å². The van der Waals surface area contributed by atoms with Gasteiger partial charge in [0.05, 0.1) is 11.1 Å². The van der Waals surface area contributed by atoms with Gasteiger partial charge in [-0.1, -0.05) is 13.8 Å². The Labute approximate surface area is 138 Å². The highest BCUT2D eigenvalue weighted by Gasteiger charge is 2.30. The highest BCUT2D eigenvalue weighted by atomic mass is 19.1. The molecule has 0 radical (unpaired) electrons. The standard InChI is InChI=1S/C16H20FN5O2/c1-8(2)13-12(17)14-10(7-18-13)15(20-22(14)9(3)4)21-6-5-11(23)19-16(21)24/h7-9H,5-6H2,1-4H3,(H,19,23,24). The molecule has 7 nitrogen and oxygen atoms in total. The summed E-state index contributed by atoms with van der Waals surface area (Å²) in [5.41, 5.74) is 0.706. The molecular weight excluding hydrogens is 313 g/mol. The maximum absolute atomic E-state index is 15.0. The third-order valence-corrected chi connectivity index (χ3v) is 4.04. The number of pyridine rings is 1. The molecule has 1 saturated heterocycles. The molecule has 1 aliphatic heterocycles. The van der Waals surface area contributed by atoms with Gasteiger partial charge in [0.15, 0.2) is 11.6 Å². The Bertz CT molecular complexity index is 827. The van der Waals surface area contributed by atoms with Crippen LogP contribution in [0.3, 0.4) is 0 Å². The lowest BCUT2D eigenvalue weighted by Gasteiger charge is -2.24. The van der Waals surface area contributed by atoms with Crippen molar-refractivity contribution in [2.45, 2.75) is 46.1 Å². The maximum atomic E-state index is 15.0. The molecule has 3 amide bonds. The molecule has 3 heterocycles. The van der Waals surface area contributed by atoms with Gasteiger partial charge in [-0.05, 0) is 19.8 Å². The summed E-state index contributed by atoms with van der Waals surface area (Å²) in [6.07, 6.45) is 1.74. The van der Waals surface area contributed by atoms with Crippen LogP contribution < -0.4 is 10.2 Å². The van der Waals surface area contributed by atoms with E-state index >= 15 is 0 Å². The molecule has 2 aromatic rings. The molecule has 0 bridgehead atoms. The van der Waals surface area contributed by atoms with Gasteiger partial charge in [-0.3, -0.25) is 24.7 Å². The van der Waals surface area contributed by atoms with E-state index in [2.05, 4.69) is 15.4 Å². The lowest BCUT2D eigenvalue weighted by molar-refractivity contribution is -0.120. The first-order valence-electron chi connectivity index (χ1n) is 7.99. The second kappa shape index (κ2) is 5.85. The molecule has 1 N–H and O–H groups in total. The fraction of sp³-hybridized carbons (Fsp3) is 0.500. The molecule has 0 spiro atoms. The molecule has 0 aromatic carbocycles. The van der Waals surface area contributed by atoms with E-state index in [1.165, 1.54) is 4.90 Å². The number of carbonyl (C=O) groups excluding carboxylic acids is 2. The minimum Gasteiger partial charge on any atom is -0.278 e. The Kier molecular flexibility index (Phi) is 3.98. The number of aromatic nitrogens is 3. The molecule has 0 aliphatic carbocycles. The number of halogens is 1. The molecular formula is C16H20FN5O2. The van der Waals surface area contributed by atoms with E-state index in [0.29, 0.717) is 22.4 Å². The molecule has 24 heavy (non-hydrogen) atoms. The Hall–Kier alpha value is -2.51. The number of hydrogen-bond acceptors (Lipinski definition) is 4. The summed E-state index contributed by atoms with van der Waals surface area (Å²) in [6.45, 7) is 7.74. The average Bonchev–Trinajstić information content (AvgIpc) is 2.88. The smallest absolute Gasteiger partial charge is 0.278 e. The fourth-order valence-electron chi connectivity index (χ4n) is 2.83. The fourth-order valence-corrected chi connectivity index (χ4v) is 2.83. The first kappa shape index (κ1) is 16.4. The molecule has 0 unspecified atom stereocenters. The van der Waals surface area contributed by atoms with Crippen LogP contribution in [0.4, 0.5) is 15.0 Å². The van der Waals surface area contributed by atoms with E-state index in [1.54, 1.807) is 10.9 Å². The van der Waals surface area contributed by atoms with Crippen LogP contribution in [0.5, 0.6) is 0 Å². The van der Waals surface area contributed by atoms with Crippen LogP contribution in [0.1, 0.15) is 51.8 Å². The largest absolute Gasteiger partial charge is 0.329 e. The van der Waals surface area contributed by atoms with Crippen LogP contribution in [0.25, 0.3) is 10.9 Å². The first-order chi connectivity index (χ1) is 11.3. The molecule has 2 aromatic heterocycles. The maximum Gasteiger partial charge on any atom is 0.329 e. The first-order valence-corrected chi connectivity index (χ1v) is 7.99. The highest BCUT2D eigenvalue weighted by Crippen LogP contribution is 2.33. The van der Waals surface area contributed by atoms with Gasteiger partial charge < -0.3 is 0 Å². The number of amides is 3. The number of rotatable bonds is 3. The number of anilines is 1. The Morgan fingerprint density at radius 3 is 2.54 bits per heavy atom. The third kappa shape index (κ3) is 2.51. The highest BCUT2D eigenvalue weighted by molar-refractivity contribution is 6.08. The zero-order valence-corrected chi connectivity index (χ0v) is 14.1. The van der Waals surface area contributed by atoms with Crippen LogP contribution in [0.15, 0.2) is 6.20 Å². The normalized spacial score (nSPS) is 15.7. The van der Waals surface area contributed by atoms with E-state index in [4.69, 9.17) is 0 Å². The molecule has 0 saturated carbocycles. The topological polar surface area (TPSA) is 80.1 Å². The Morgan fingerprint density at radius 2 is 1.96 bits per heavy atom. The van der Waals surface area contributed by atoms with Gasteiger partial charge in [-0.15, -0.1) is 0 Å². The number of urea groups is 1. The van der Waals surface area contributed by atoms with Gasteiger partial charge in [0.2, 0.25) is 5.91 Å². The van der Waals surface area contributed by atoms with Crippen molar-refractivity contribution in [3.8, 4) is 0 Å². The SMILES string of the molecule is CC(C)c1ncc2c(N3CCC(=O)NC3=O)nn(C(C)C)c2c1F. The molecule has 128 valence electrons. The van der Waals surface area contributed by atoms with Crippen LogP contribution >= 0.6 is 0 Å². The van der Waals surface area contributed by atoms with Crippen LogP contribution in [-0.2, 0) is 4.79 Å². The van der Waals surface area contributed by atoms with Crippen LogP contribution in [0.2, 0.25) is 0 Å². The lowest BCUT2D eigenvalue weighted by atomic mass is 10.1. The predicted molar refractivity (Wildman–Crippen MR) is 87.5 cm³/mol. The van der Waals surface area contributed by atoms with Gasteiger partial charge in [-0.25, -0.2) is 9.18 Å². The number of nitrogens with zero attached hydrogens (tertiary/aromatic N) is 4. The van der Waals surface area contributed by atoms with Crippen molar-refractivity contribution < 1.29 is 14.0 Å². The van der Waals surface area contributed by atoms with Gasteiger partial charge >= 0.3 is 6.03 Å². The second-order valence-corrected chi connectivity index (χ2v) is 6.49. The lowest BCUT2D eigenvalue weighted by Crippen LogP contribution is -2.49. The van der Waals surface area contributed by atoms with Gasteiger partial charge in [-0.2, -0.15) is 5.10 Å². The summed E-state index contributed by atoms with van der Waals surface area (Å²) in [7, 11) is 0. The summed E-state index contributed by atoms with van der Waals surface area (Å²) in [4.78, 5) is 29.0. The summed E-state index contributed by atoms with van der Waals surface area (Å²) in [5, 5.41) is 7.17. The van der Waals surface area contributed by atoms with E-state index < -0.39 is 11.8 Å². The molecule has 1 fully saturated rings. The minimum atomic E-state index is -0.546. The second-order valence-electron chi connectivity index (χ2n) is 6.49. The Morgan fingerprint density at radius 1 is 1.25 bits per heavy atom. The molecule has 0 atom stereocenters. The van der Waals surface area contributed by atoms with Gasteiger partial charge in [0.25, 0.3) is 0 Å². The minimum absolute atomic E-state index is 0.0655. The number of imide groups is 1. The van der Waals surface area contributed by atoms with Crippen molar-refractivity contribution in [3.63, 3.8) is 0 Å². The van der Waals surface area contributed by atoms with Crippen LogP contribution in [0, 0.1) is 5.82 Å². The summed E-state index contributed by atoms with van der Waals surface area (Å²) in [6, 6.07) is -0.637. The zero-order chi connectivity index (χ0) is 17.6. The number of fused-ring (bicyclic) bond motifs is 1.